The number of rotatable bonds is 3. The maximum atomic E-state index is 13.0. The van der Waals surface area contributed by atoms with E-state index in [0.717, 1.165) is 68.1 Å². The second-order valence-electron chi connectivity index (χ2n) is 6.86. The minimum absolute atomic E-state index is 0. The Hall–Kier alpha value is -2.24. The number of carbonyl (C=O) groups is 1. The summed E-state index contributed by atoms with van der Waals surface area (Å²) in [7, 11) is 0. The molecular weight excluding hydrogens is 364 g/mol. The van der Waals surface area contributed by atoms with Gasteiger partial charge in [-0.05, 0) is 54.8 Å². The molecule has 0 unspecified atom stereocenters. The van der Waals surface area contributed by atoms with E-state index in [2.05, 4.69) is 0 Å². The quantitative estimate of drug-likeness (QED) is 0.811. The van der Waals surface area contributed by atoms with Crippen molar-refractivity contribution in [2.24, 2.45) is 0 Å². The Morgan fingerprint density at radius 3 is 2.59 bits per heavy atom. The fraction of sp³-hybridized carbons (Fsp3) is 0.381. The molecule has 0 radical (unpaired) electrons. The van der Waals surface area contributed by atoms with Crippen molar-refractivity contribution in [2.45, 2.75) is 31.8 Å². The average Bonchev–Trinajstić information content (AvgIpc) is 2.69. The van der Waals surface area contributed by atoms with Gasteiger partial charge in [-0.1, -0.05) is 6.07 Å². The molecule has 2 aromatic rings. The van der Waals surface area contributed by atoms with E-state index in [1.165, 1.54) is 0 Å². The topological polar surface area (TPSA) is 64.8 Å². The van der Waals surface area contributed by atoms with Gasteiger partial charge in [-0.2, -0.15) is 0 Å². The van der Waals surface area contributed by atoms with E-state index in [0.29, 0.717) is 5.56 Å². The van der Waals surface area contributed by atoms with Gasteiger partial charge in [0.2, 0.25) is 0 Å². The monoisotopic (exact) mass is 388 g/mol. The molecule has 2 aliphatic rings. The summed E-state index contributed by atoms with van der Waals surface area (Å²) in [5, 5.41) is 0. The van der Waals surface area contributed by atoms with E-state index >= 15 is 0 Å². The van der Waals surface area contributed by atoms with Crippen molar-refractivity contribution in [3.8, 4) is 5.75 Å². The van der Waals surface area contributed by atoms with Crippen LogP contribution in [0, 0.1) is 0 Å². The predicted molar refractivity (Wildman–Crippen MR) is 109 cm³/mol. The zero-order valence-electron chi connectivity index (χ0n) is 15.2. The summed E-state index contributed by atoms with van der Waals surface area (Å²) in [5.74, 6) is 0.811. The van der Waals surface area contributed by atoms with Crippen molar-refractivity contribution < 1.29 is 14.3 Å². The lowest BCUT2D eigenvalue weighted by molar-refractivity contribution is 0.0256. The van der Waals surface area contributed by atoms with Crippen LogP contribution in [0.3, 0.4) is 0 Å². The van der Waals surface area contributed by atoms with Crippen molar-refractivity contribution in [3.05, 3.63) is 53.6 Å². The highest BCUT2D eigenvalue weighted by molar-refractivity contribution is 6.07. The fourth-order valence-corrected chi connectivity index (χ4v) is 3.68. The number of hydrogen-bond donors (Lipinski definition) is 1. The number of nitrogens with two attached hydrogens (primary N) is 1. The summed E-state index contributed by atoms with van der Waals surface area (Å²) < 4.78 is 11.3. The highest BCUT2D eigenvalue weighted by atomic mass is 35.5. The highest BCUT2D eigenvalue weighted by Gasteiger charge is 2.24. The second-order valence-corrected chi connectivity index (χ2v) is 6.86. The maximum Gasteiger partial charge on any atom is 0.258 e. The first-order valence-corrected chi connectivity index (χ1v) is 9.26. The van der Waals surface area contributed by atoms with Gasteiger partial charge in [0, 0.05) is 36.3 Å². The molecule has 0 spiro atoms. The molecule has 1 amide bonds. The molecule has 0 saturated carbocycles. The zero-order valence-corrected chi connectivity index (χ0v) is 16.0. The molecule has 5 nitrogen and oxygen atoms in total. The number of hydrogen-bond acceptors (Lipinski definition) is 4. The van der Waals surface area contributed by atoms with Gasteiger partial charge in [-0.15, -0.1) is 12.4 Å². The Morgan fingerprint density at radius 2 is 1.85 bits per heavy atom. The summed E-state index contributed by atoms with van der Waals surface area (Å²) in [6.45, 7) is 2.22. The maximum absolute atomic E-state index is 13.0. The highest BCUT2D eigenvalue weighted by Crippen LogP contribution is 2.32. The average molecular weight is 389 g/mol. The number of carbonyl (C=O) groups excluding carboxylic acids is 1. The largest absolute Gasteiger partial charge is 0.490 e. The van der Waals surface area contributed by atoms with E-state index in [1.54, 1.807) is 0 Å². The van der Waals surface area contributed by atoms with Crippen molar-refractivity contribution in [1.82, 2.24) is 0 Å². The summed E-state index contributed by atoms with van der Waals surface area (Å²) in [6, 6.07) is 13.2. The Kier molecular flexibility index (Phi) is 6.24. The lowest BCUT2D eigenvalue weighted by Crippen LogP contribution is -2.35. The van der Waals surface area contributed by atoms with Crippen LogP contribution in [0.2, 0.25) is 0 Å². The number of halogens is 1. The molecule has 0 aromatic heterocycles. The first-order chi connectivity index (χ1) is 12.7. The Labute approximate surface area is 165 Å². The summed E-state index contributed by atoms with van der Waals surface area (Å²) in [4.78, 5) is 14.8. The minimum atomic E-state index is 0. The lowest BCUT2D eigenvalue weighted by atomic mass is 9.99. The molecule has 4 rings (SSSR count). The van der Waals surface area contributed by atoms with Crippen LogP contribution < -0.4 is 15.4 Å². The number of nitrogen functional groups attached to an aromatic ring is 1. The molecule has 2 N–H and O–H groups in total. The normalized spacial score (nSPS) is 17.0. The van der Waals surface area contributed by atoms with Crippen LogP contribution in [0.15, 0.2) is 42.5 Å². The third kappa shape index (κ3) is 4.20. The van der Waals surface area contributed by atoms with Gasteiger partial charge in [0.25, 0.3) is 5.91 Å². The number of anilines is 2. The van der Waals surface area contributed by atoms with Crippen molar-refractivity contribution in [1.29, 1.82) is 0 Å². The fourth-order valence-electron chi connectivity index (χ4n) is 3.68. The van der Waals surface area contributed by atoms with E-state index in [-0.39, 0.29) is 24.4 Å². The van der Waals surface area contributed by atoms with Gasteiger partial charge >= 0.3 is 0 Å². The SMILES string of the molecule is Cl.Nc1cccc2c1CCCN2C(=O)c1ccc(OC2CCOCC2)cc1. The van der Waals surface area contributed by atoms with Crippen molar-refractivity contribution in [2.75, 3.05) is 30.4 Å². The molecule has 1 fully saturated rings. The van der Waals surface area contributed by atoms with Gasteiger partial charge in [0.15, 0.2) is 0 Å². The van der Waals surface area contributed by atoms with Gasteiger partial charge < -0.3 is 20.1 Å². The molecule has 1 saturated heterocycles. The number of ether oxygens (including phenoxy) is 2. The van der Waals surface area contributed by atoms with E-state index in [1.807, 2.05) is 47.4 Å². The summed E-state index contributed by atoms with van der Waals surface area (Å²) in [6.07, 6.45) is 3.86. The smallest absolute Gasteiger partial charge is 0.258 e. The van der Waals surface area contributed by atoms with Crippen molar-refractivity contribution in [3.63, 3.8) is 0 Å². The third-order valence-corrected chi connectivity index (χ3v) is 5.10. The molecule has 2 heterocycles. The molecule has 0 bridgehead atoms. The van der Waals surface area contributed by atoms with E-state index in [9.17, 15) is 4.79 Å². The number of amides is 1. The first kappa shape index (κ1) is 19.5. The Morgan fingerprint density at radius 1 is 1.11 bits per heavy atom. The van der Waals surface area contributed by atoms with Gasteiger partial charge in [0.1, 0.15) is 11.9 Å². The molecular formula is C21H25ClN2O3. The molecule has 144 valence electrons. The number of benzene rings is 2. The van der Waals surface area contributed by atoms with E-state index < -0.39 is 0 Å². The molecule has 2 aromatic carbocycles. The molecule has 0 aliphatic carbocycles. The van der Waals surface area contributed by atoms with Gasteiger partial charge in [0.05, 0.1) is 13.2 Å². The first-order valence-electron chi connectivity index (χ1n) is 9.26. The molecule has 27 heavy (non-hydrogen) atoms. The molecule has 2 aliphatic heterocycles. The second kappa shape index (κ2) is 8.63. The number of fused-ring (bicyclic) bond motifs is 1. The zero-order chi connectivity index (χ0) is 17.9. The van der Waals surface area contributed by atoms with Crippen LogP contribution in [0.4, 0.5) is 11.4 Å². The summed E-state index contributed by atoms with van der Waals surface area (Å²) >= 11 is 0. The standard InChI is InChI=1S/C21H24N2O3.ClH/c22-19-4-1-5-20-18(19)3-2-12-23(20)21(24)15-6-8-16(9-7-15)26-17-10-13-25-14-11-17;/h1,4-9,17H,2-3,10-14,22H2;1H. The van der Waals surface area contributed by atoms with Crippen LogP contribution >= 0.6 is 12.4 Å². The van der Waals surface area contributed by atoms with Crippen LogP contribution in [0.1, 0.15) is 35.2 Å². The van der Waals surface area contributed by atoms with Gasteiger partial charge in [-0.3, -0.25) is 4.79 Å². The Balaban J connectivity index is 0.00000210. The Bertz CT molecular complexity index is 789. The lowest BCUT2D eigenvalue weighted by Gasteiger charge is -2.30. The van der Waals surface area contributed by atoms with E-state index in [4.69, 9.17) is 15.2 Å². The van der Waals surface area contributed by atoms with Crippen molar-refractivity contribution >= 4 is 29.7 Å². The molecule has 0 atom stereocenters. The number of nitrogens with zero attached hydrogens (tertiary/aromatic N) is 1. The minimum Gasteiger partial charge on any atom is -0.490 e. The third-order valence-electron chi connectivity index (χ3n) is 5.10. The predicted octanol–water partition coefficient (Wildman–Crippen LogP) is 3.84. The van der Waals surface area contributed by atoms with Crippen LogP contribution in [-0.2, 0) is 11.2 Å². The van der Waals surface area contributed by atoms with Gasteiger partial charge in [-0.25, -0.2) is 0 Å². The van der Waals surface area contributed by atoms with Crippen LogP contribution in [0.5, 0.6) is 5.75 Å². The summed E-state index contributed by atoms with van der Waals surface area (Å²) in [5.41, 5.74) is 9.53. The molecule has 6 heteroatoms. The van der Waals surface area contributed by atoms with Crippen LogP contribution in [0.25, 0.3) is 0 Å². The van der Waals surface area contributed by atoms with Crippen LogP contribution in [-0.4, -0.2) is 31.8 Å².